The molecule has 2 aromatic carbocycles. The highest BCUT2D eigenvalue weighted by Gasteiger charge is 2.34. The van der Waals surface area contributed by atoms with E-state index in [1.165, 1.54) is 38.3 Å². The first-order valence-electron chi connectivity index (χ1n) is 21.6. The second kappa shape index (κ2) is 23.6. The van der Waals surface area contributed by atoms with Gasteiger partial charge in [-0.1, -0.05) is 72.8 Å². The quantitative estimate of drug-likeness (QED) is 0.0936. The fourth-order valence-corrected chi connectivity index (χ4v) is 7.68. The van der Waals surface area contributed by atoms with E-state index >= 15 is 0 Å². The average Bonchev–Trinajstić information content (AvgIpc) is 3.60. The van der Waals surface area contributed by atoms with Crippen molar-refractivity contribution in [2.45, 2.75) is 107 Å². The maximum Gasteiger partial charge on any atom is 0.407 e. The van der Waals surface area contributed by atoms with Crippen LogP contribution in [0.2, 0.25) is 0 Å². The van der Waals surface area contributed by atoms with Gasteiger partial charge < -0.3 is 58.7 Å². The van der Waals surface area contributed by atoms with Gasteiger partial charge in [-0.2, -0.15) is 0 Å². The molecule has 348 valence electrons. The van der Waals surface area contributed by atoms with E-state index in [1.54, 1.807) is 0 Å². The molecule has 0 aromatic heterocycles. The zero-order valence-corrected chi connectivity index (χ0v) is 36.4. The summed E-state index contributed by atoms with van der Waals surface area (Å²) >= 11 is 0. The van der Waals surface area contributed by atoms with Crippen LogP contribution >= 0.6 is 0 Å². The van der Waals surface area contributed by atoms with E-state index in [1.807, 2.05) is 48.5 Å². The number of amides is 9. The molecule has 12 N–H and O–H groups in total. The maximum absolute atomic E-state index is 13.9. The Morgan fingerprint density at radius 1 is 0.723 bits per heavy atom. The van der Waals surface area contributed by atoms with Gasteiger partial charge in [-0.15, -0.1) is 0 Å². The van der Waals surface area contributed by atoms with Crippen LogP contribution in [0.4, 0.5) is 4.79 Å². The number of hydrogen-bond donors (Lipinski definition) is 10. The summed E-state index contributed by atoms with van der Waals surface area (Å²) in [6.45, 7) is 1.78. The smallest absolute Gasteiger partial charge is 0.407 e. The van der Waals surface area contributed by atoms with Gasteiger partial charge in [0.2, 0.25) is 47.3 Å². The number of likely N-dealkylation sites (N-methyl/N-ethyl adjacent to an activating group) is 1. The Morgan fingerprint density at radius 2 is 1.31 bits per heavy atom. The Kier molecular flexibility index (Phi) is 17.7. The predicted molar refractivity (Wildman–Crippen MR) is 237 cm³/mol. The van der Waals surface area contributed by atoms with Crippen LogP contribution in [0.3, 0.4) is 0 Å². The molecule has 2 bridgehead atoms. The van der Waals surface area contributed by atoms with Gasteiger partial charge in [-0.05, 0) is 74.1 Å². The van der Waals surface area contributed by atoms with Crippen molar-refractivity contribution in [2.24, 2.45) is 11.5 Å². The maximum atomic E-state index is 13.9. The van der Waals surface area contributed by atoms with E-state index < -0.39 is 102 Å². The number of carbonyl (C=O) groups excluding carboxylic acids is 9. The summed E-state index contributed by atoms with van der Waals surface area (Å²) in [5, 5.41) is 20.6. The minimum absolute atomic E-state index is 0.0354. The topological polar surface area (TPSA) is 311 Å². The van der Waals surface area contributed by atoms with Crippen LogP contribution in [0.15, 0.2) is 72.8 Å². The highest BCUT2D eigenvalue weighted by atomic mass is 16.5. The molecule has 2 aromatic rings. The summed E-state index contributed by atoms with van der Waals surface area (Å²) < 4.78 is 5.61. The summed E-state index contributed by atoms with van der Waals surface area (Å²) in [6.07, 6.45) is 5.25. The molecule has 3 aliphatic rings. The highest BCUT2D eigenvalue weighted by molar-refractivity contribution is 5.98. The molecule has 20 nitrogen and oxygen atoms in total. The Labute approximate surface area is 376 Å². The number of hydrogen-bond acceptors (Lipinski definition) is 11. The first-order chi connectivity index (χ1) is 31.2. The van der Waals surface area contributed by atoms with Gasteiger partial charge in [0.25, 0.3) is 0 Å². The van der Waals surface area contributed by atoms with E-state index in [4.69, 9.17) is 16.2 Å². The number of unbranched alkanes of at least 4 members (excludes halogenated alkanes) is 1. The molecule has 0 fully saturated rings. The average molecular weight is 899 g/mol. The summed E-state index contributed by atoms with van der Waals surface area (Å²) in [5.74, 6) is -6.31. The summed E-state index contributed by atoms with van der Waals surface area (Å²) in [5.41, 5.74) is 15.8. The SMILES string of the molecule is CNC(=O)[C@H](CCCCNC(=O)OCC1c2ccccc2-c2ccccc21)NC(=O)[C@@H]1C/C=C/C[C@H]2NC(=O)[C@H](C)NC(=O)[C@H](N)C/C=C/C[C@H](NC2=O)C(=O)N[C@@H](CC(N)=O)C(=O)N1. The number of benzene rings is 2. The molecule has 0 unspecified atom stereocenters. The second-order valence-corrected chi connectivity index (χ2v) is 16.1. The van der Waals surface area contributed by atoms with Crippen LogP contribution in [0.5, 0.6) is 0 Å². The van der Waals surface area contributed by atoms with Crippen LogP contribution in [0.1, 0.15) is 75.3 Å². The molecule has 7 atom stereocenters. The Morgan fingerprint density at radius 3 is 1.94 bits per heavy atom. The highest BCUT2D eigenvalue weighted by Crippen LogP contribution is 2.44. The normalized spacial score (nSPS) is 24.3. The minimum Gasteiger partial charge on any atom is -0.449 e. The standard InChI is InChI=1S/C45H58N10O10/c1-25-38(57)51-33-19-9-10-20-34(54-44(63)36(23-37(47)56)55-43(62)35(53-41(33)60)18-8-7-17-31(46)39(58)50-25)42(61)52-32(40(59)48-2)21-11-12-22-49-45(64)65-24-30-28-15-5-3-13-26(28)27-14-4-6-16-29(27)30/h3-10,13-16,25,30-36H,11-12,17-24,46H2,1-2H3,(H2,47,56)(H,48,59)(H,49,64)(H,50,58)(H,51,57)(H,52,61)(H,53,60)(H,54,63)(H,55,62)/b8-7+,10-9+/t25-,31+,32-,33+,34-,35-,36-/m0/s1. The Bertz CT molecular complexity index is 2130. The third-order valence-electron chi connectivity index (χ3n) is 11.3. The number of carbonyl (C=O) groups is 9. The largest absolute Gasteiger partial charge is 0.449 e. The van der Waals surface area contributed by atoms with Crippen molar-refractivity contribution in [2.75, 3.05) is 20.2 Å². The third-order valence-corrected chi connectivity index (χ3v) is 11.3. The lowest BCUT2D eigenvalue weighted by atomic mass is 9.98. The van der Waals surface area contributed by atoms with Crippen molar-refractivity contribution in [1.82, 2.24) is 42.5 Å². The summed E-state index contributed by atoms with van der Waals surface area (Å²) in [6, 6.07) is 7.25. The zero-order valence-electron chi connectivity index (χ0n) is 36.4. The van der Waals surface area contributed by atoms with Crippen molar-refractivity contribution in [3.8, 4) is 11.1 Å². The van der Waals surface area contributed by atoms with Crippen LogP contribution in [0, 0.1) is 0 Å². The van der Waals surface area contributed by atoms with Crippen LogP contribution < -0.4 is 54.0 Å². The molecule has 20 heteroatoms. The van der Waals surface area contributed by atoms with Gasteiger partial charge in [0.1, 0.15) is 42.9 Å². The predicted octanol–water partition coefficient (Wildman–Crippen LogP) is -0.727. The number of ether oxygens (including phenoxy) is 1. The van der Waals surface area contributed by atoms with E-state index in [0.29, 0.717) is 12.8 Å². The number of alkyl carbamates (subject to hydrolysis) is 1. The van der Waals surface area contributed by atoms with E-state index in [-0.39, 0.29) is 51.2 Å². The number of nitrogens with one attached hydrogen (secondary N) is 8. The van der Waals surface area contributed by atoms with Gasteiger partial charge in [-0.25, -0.2) is 4.79 Å². The molecule has 65 heavy (non-hydrogen) atoms. The molecular weight excluding hydrogens is 841 g/mol. The molecule has 1 aliphatic carbocycles. The number of nitrogens with two attached hydrogens (primary N) is 2. The molecule has 0 saturated carbocycles. The van der Waals surface area contributed by atoms with Gasteiger partial charge in [0.15, 0.2) is 0 Å². The zero-order chi connectivity index (χ0) is 47.0. The summed E-state index contributed by atoms with van der Waals surface area (Å²) in [4.78, 5) is 118. The Balaban J connectivity index is 1.23. The molecular formula is C45H58N10O10. The minimum atomic E-state index is -1.59. The fraction of sp³-hybridized carbons (Fsp3) is 0.444. The van der Waals surface area contributed by atoms with Crippen molar-refractivity contribution in [3.05, 3.63) is 84.0 Å². The van der Waals surface area contributed by atoms with Gasteiger partial charge in [0.05, 0.1) is 12.5 Å². The van der Waals surface area contributed by atoms with E-state index in [9.17, 15) is 43.2 Å². The molecule has 5 rings (SSSR count). The molecule has 0 radical (unpaired) electrons. The Hall–Kier alpha value is -7.09. The molecule has 9 amide bonds. The molecule has 2 heterocycles. The van der Waals surface area contributed by atoms with Crippen molar-refractivity contribution < 1.29 is 47.9 Å². The van der Waals surface area contributed by atoms with Gasteiger partial charge in [-0.3, -0.25) is 38.4 Å². The molecule has 0 saturated heterocycles. The van der Waals surface area contributed by atoms with Gasteiger partial charge in [0, 0.05) is 19.5 Å². The van der Waals surface area contributed by atoms with Crippen molar-refractivity contribution in [3.63, 3.8) is 0 Å². The fourth-order valence-electron chi connectivity index (χ4n) is 7.68. The van der Waals surface area contributed by atoms with E-state index in [2.05, 4.69) is 42.5 Å². The first-order valence-corrected chi connectivity index (χ1v) is 21.6. The third kappa shape index (κ3) is 13.7. The molecule has 0 spiro atoms. The lowest BCUT2D eigenvalue weighted by Gasteiger charge is -2.27. The lowest BCUT2D eigenvalue weighted by Crippen LogP contribution is -2.60. The summed E-state index contributed by atoms with van der Waals surface area (Å²) in [7, 11) is 1.40. The van der Waals surface area contributed by atoms with Crippen molar-refractivity contribution in [1.29, 1.82) is 0 Å². The monoisotopic (exact) mass is 898 g/mol. The number of primary amides is 1. The van der Waals surface area contributed by atoms with Crippen LogP contribution in [0.25, 0.3) is 11.1 Å². The van der Waals surface area contributed by atoms with Gasteiger partial charge >= 0.3 is 6.09 Å². The van der Waals surface area contributed by atoms with Crippen LogP contribution in [-0.4, -0.2) is 116 Å². The molecule has 2 aliphatic heterocycles. The first kappa shape index (κ1) is 48.9. The van der Waals surface area contributed by atoms with E-state index in [0.717, 1.165) is 22.3 Å². The van der Waals surface area contributed by atoms with Crippen molar-refractivity contribution >= 4 is 53.4 Å². The number of rotatable bonds is 12. The second-order valence-electron chi connectivity index (χ2n) is 16.1. The number of fused-ring (bicyclic) bond motifs is 6. The van der Waals surface area contributed by atoms with Crippen LogP contribution in [-0.2, 0) is 43.1 Å². The lowest BCUT2D eigenvalue weighted by molar-refractivity contribution is -0.136.